The molecule has 0 spiro atoms. The highest BCUT2D eigenvalue weighted by molar-refractivity contribution is 6.35. The van der Waals surface area contributed by atoms with Crippen LogP contribution in [0.25, 0.3) is 0 Å². The van der Waals surface area contributed by atoms with Gasteiger partial charge in [0.25, 0.3) is 0 Å². The molecule has 0 saturated carbocycles. The number of anilines is 2. The predicted molar refractivity (Wildman–Crippen MR) is 44.8 cm³/mol. The van der Waals surface area contributed by atoms with Crippen molar-refractivity contribution in [3.8, 4) is 5.75 Å². The third-order valence-corrected chi connectivity index (χ3v) is 1.67. The summed E-state index contributed by atoms with van der Waals surface area (Å²) in [5.41, 5.74) is 10.0. The number of alkyl halides is 3. The summed E-state index contributed by atoms with van der Waals surface area (Å²) in [5.74, 6) is -0.824. The van der Waals surface area contributed by atoms with E-state index < -0.39 is 17.8 Å². The molecule has 4 N–H and O–H groups in total. The molecule has 0 aliphatic heterocycles. The van der Waals surface area contributed by atoms with Gasteiger partial charge in [-0.05, 0) is 0 Å². The molecule has 0 radical (unpaired) electrons. The lowest BCUT2D eigenvalue weighted by molar-refractivity contribution is -0.274. The molecule has 1 rings (SSSR count). The Morgan fingerprint density at radius 1 is 1.36 bits per heavy atom. The molecule has 0 bridgehead atoms. The Bertz CT molecular complexity index is 355. The van der Waals surface area contributed by atoms with Crippen LogP contribution in [-0.4, -0.2) is 11.3 Å². The summed E-state index contributed by atoms with van der Waals surface area (Å²) in [7, 11) is 0. The maximum absolute atomic E-state index is 11.8. The molecule has 4 nitrogen and oxygen atoms in total. The zero-order valence-corrected chi connectivity index (χ0v) is 7.36. The van der Waals surface area contributed by atoms with E-state index in [1.165, 1.54) is 0 Å². The van der Waals surface area contributed by atoms with E-state index in [-0.39, 0.29) is 10.8 Å². The molecular formula is C6H5ClF3N3O. The quantitative estimate of drug-likeness (QED) is 0.767. The largest absolute Gasteiger partial charge is 0.573 e. The second-order valence-electron chi connectivity index (χ2n) is 2.28. The number of rotatable bonds is 1. The molecule has 0 saturated heterocycles. The van der Waals surface area contributed by atoms with Crippen LogP contribution in [0.3, 0.4) is 0 Å². The minimum atomic E-state index is -4.84. The first kappa shape index (κ1) is 10.7. The fourth-order valence-electron chi connectivity index (χ4n) is 0.707. The van der Waals surface area contributed by atoms with Crippen LogP contribution < -0.4 is 16.2 Å². The molecule has 8 heteroatoms. The van der Waals surface area contributed by atoms with Crippen molar-refractivity contribution in [3.05, 3.63) is 11.2 Å². The van der Waals surface area contributed by atoms with Crippen molar-refractivity contribution in [3.63, 3.8) is 0 Å². The number of nitrogens with zero attached hydrogens (tertiary/aromatic N) is 1. The molecule has 14 heavy (non-hydrogen) atoms. The Labute approximate surface area is 81.6 Å². The number of hydrogen-bond donors (Lipinski definition) is 2. The maximum Gasteiger partial charge on any atom is 0.573 e. The highest BCUT2D eigenvalue weighted by Crippen LogP contribution is 2.34. The number of aromatic nitrogens is 1. The average Bonchev–Trinajstić information content (AvgIpc) is 2.04. The van der Waals surface area contributed by atoms with Crippen LogP contribution >= 0.6 is 11.6 Å². The number of nitrogen functional groups attached to an aromatic ring is 2. The molecular weight excluding hydrogens is 223 g/mol. The van der Waals surface area contributed by atoms with Gasteiger partial charge in [0.05, 0.1) is 11.9 Å². The van der Waals surface area contributed by atoms with Gasteiger partial charge in [-0.2, -0.15) is 0 Å². The summed E-state index contributed by atoms with van der Waals surface area (Å²) in [6, 6.07) is 0. The first-order valence-electron chi connectivity index (χ1n) is 3.26. The Morgan fingerprint density at radius 2 is 1.93 bits per heavy atom. The molecule has 0 aliphatic rings. The molecule has 0 aliphatic carbocycles. The topological polar surface area (TPSA) is 74.2 Å². The van der Waals surface area contributed by atoms with E-state index in [1.807, 2.05) is 0 Å². The van der Waals surface area contributed by atoms with Gasteiger partial charge in [-0.1, -0.05) is 11.6 Å². The van der Waals surface area contributed by atoms with Gasteiger partial charge in [0.15, 0.2) is 5.75 Å². The molecule has 1 aromatic heterocycles. The van der Waals surface area contributed by atoms with Crippen LogP contribution in [0, 0.1) is 0 Å². The van der Waals surface area contributed by atoms with Crippen LogP contribution in [0.1, 0.15) is 0 Å². The van der Waals surface area contributed by atoms with Crippen LogP contribution in [0.2, 0.25) is 5.02 Å². The van der Waals surface area contributed by atoms with Gasteiger partial charge in [-0.3, -0.25) is 0 Å². The van der Waals surface area contributed by atoms with Crippen molar-refractivity contribution in [2.24, 2.45) is 0 Å². The third-order valence-electron chi connectivity index (χ3n) is 1.27. The van der Waals surface area contributed by atoms with Gasteiger partial charge < -0.3 is 16.2 Å². The number of halogens is 4. The zero-order chi connectivity index (χ0) is 10.9. The summed E-state index contributed by atoms with van der Waals surface area (Å²) in [4.78, 5) is 3.36. The van der Waals surface area contributed by atoms with Crippen LogP contribution in [-0.2, 0) is 0 Å². The van der Waals surface area contributed by atoms with E-state index >= 15 is 0 Å². The number of hydrogen-bond acceptors (Lipinski definition) is 4. The normalized spacial score (nSPS) is 11.4. The van der Waals surface area contributed by atoms with Crippen molar-refractivity contribution in [1.82, 2.24) is 4.98 Å². The second-order valence-corrected chi connectivity index (χ2v) is 2.66. The lowest BCUT2D eigenvalue weighted by Gasteiger charge is -2.11. The summed E-state index contributed by atoms with van der Waals surface area (Å²) in [5, 5.41) is -0.258. The Kier molecular flexibility index (Phi) is 2.61. The van der Waals surface area contributed by atoms with E-state index in [9.17, 15) is 13.2 Å². The van der Waals surface area contributed by atoms with E-state index in [0.29, 0.717) is 0 Å². The highest BCUT2D eigenvalue weighted by Gasteiger charge is 2.32. The fourth-order valence-corrected chi connectivity index (χ4v) is 0.848. The van der Waals surface area contributed by atoms with Gasteiger partial charge in [-0.25, -0.2) is 4.98 Å². The lowest BCUT2D eigenvalue weighted by atomic mass is 10.3. The van der Waals surface area contributed by atoms with Crippen molar-refractivity contribution >= 4 is 23.1 Å². The van der Waals surface area contributed by atoms with Gasteiger partial charge in [-0.15, -0.1) is 13.2 Å². The predicted octanol–water partition coefficient (Wildman–Crippen LogP) is 1.80. The molecule has 0 amide bonds. The van der Waals surface area contributed by atoms with E-state index in [4.69, 9.17) is 23.1 Å². The van der Waals surface area contributed by atoms with Gasteiger partial charge in [0, 0.05) is 0 Å². The Balaban J connectivity index is 3.06. The zero-order valence-electron chi connectivity index (χ0n) is 6.60. The fraction of sp³-hybridized carbons (Fsp3) is 0.167. The summed E-state index contributed by atoms with van der Waals surface area (Å²) in [6.07, 6.45) is -4.08. The minimum absolute atomic E-state index is 0.154. The van der Waals surface area contributed by atoms with Gasteiger partial charge >= 0.3 is 6.36 Å². The van der Waals surface area contributed by atoms with Crippen molar-refractivity contribution in [2.45, 2.75) is 6.36 Å². The highest BCUT2D eigenvalue weighted by atomic mass is 35.5. The maximum atomic E-state index is 11.8. The standard InChI is InChI=1S/C6H5ClF3N3O/c7-3-4(11)2(1-13-5(3)12)14-6(8,9)10/h1H,(H4,11,12,13). The number of ether oxygens (including phenoxy) is 1. The molecule has 1 heterocycles. The lowest BCUT2D eigenvalue weighted by Crippen LogP contribution is -2.18. The monoisotopic (exact) mass is 227 g/mol. The minimum Gasteiger partial charge on any atom is -0.402 e. The second kappa shape index (κ2) is 3.41. The first-order valence-corrected chi connectivity index (χ1v) is 3.64. The van der Waals surface area contributed by atoms with Crippen molar-refractivity contribution in [1.29, 1.82) is 0 Å². The smallest absolute Gasteiger partial charge is 0.402 e. The van der Waals surface area contributed by atoms with Gasteiger partial charge in [0.1, 0.15) is 10.8 Å². The van der Waals surface area contributed by atoms with Crippen LogP contribution in [0.15, 0.2) is 6.20 Å². The average molecular weight is 228 g/mol. The molecule has 1 aromatic rings. The SMILES string of the molecule is Nc1ncc(OC(F)(F)F)c(N)c1Cl. The summed E-state index contributed by atoms with van der Waals surface area (Å²) >= 11 is 5.45. The van der Waals surface area contributed by atoms with Crippen LogP contribution in [0.4, 0.5) is 24.7 Å². The third kappa shape index (κ3) is 2.32. The summed E-state index contributed by atoms with van der Waals surface area (Å²) < 4.78 is 38.9. The molecule has 0 fully saturated rings. The molecule has 0 unspecified atom stereocenters. The van der Waals surface area contributed by atoms with E-state index in [1.54, 1.807) is 0 Å². The van der Waals surface area contributed by atoms with E-state index in [2.05, 4.69) is 9.72 Å². The Hall–Kier alpha value is -1.37. The Morgan fingerprint density at radius 3 is 2.43 bits per heavy atom. The first-order chi connectivity index (χ1) is 6.31. The molecule has 0 atom stereocenters. The number of pyridine rings is 1. The van der Waals surface area contributed by atoms with Crippen molar-refractivity contribution < 1.29 is 17.9 Å². The number of nitrogens with two attached hydrogens (primary N) is 2. The van der Waals surface area contributed by atoms with Crippen molar-refractivity contribution in [2.75, 3.05) is 11.5 Å². The van der Waals surface area contributed by atoms with Crippen LogP contribution in [0.5, 0.6) is 5.75 Å². The summed E-state index contributed by atoms with van der Waals surface area (Å²) in [6.45, 7) is 0. The van der Waals surface area contributed by atoms with E-state index in [0.717, 1.165) is 6.20 Å². The molecule has 78 valence electrons. The molecule has 0 aromatic carbocycles. The van der Waals surface area contributed by atoms with Gasteiger partial charge in [0.2, 0.25) is 0 Å².